The number of ether oxygens (including phenoxy) is 1. The molecule has 0 aromatic heterocycles. The van der Waals surface area contributed by atoms with Gasteiger partial charge in [0.15, 0.2) is 11.5 Å². The molecular formula is C16H26N2O2. The Morgan fingerprint density at radius 3 is 2.85 bits per heavy atom. The second-order valence-corrected chi connectivity index (χ2v) is 5.56. The van der Waals surface area contributed by atoms with E-state index in [-0.39, 0.29) is 5.75 Å². The van der Waals surface area contributed by atoms with Gasteiger partial charge in [0, 0.05) is 12.6 Å². The van der Waals surface area contributed by atoms with E-state index in [1.54, 1.807) is 13.2 Å². The van der Waals surface area contributed by atoms with Crippen LogP contribution in [0.15, 0.2) is 18.2 Å². The fraction of sp³-hybridized carbons (Fsp3) is 0.625. The summed E-state index contributed by atoms with van der Waals surface area (Å²) in [5, 5.41) is 9.66. The Morgan fingerprint density at radius 1 is 1.40 bits per heavy atom. The van der Waals surface area contributed by atoms with Gasteiger partial charge < -0.3 is 15.6 Å². The molecule has 2 unspecified atom stereocenters. The average molecular weight is 278 g/mol. The van der Waals surface area contributed by atoms with Gasteiger partial charge in [0.25, 0.3) is 0 Å². The van der Waals surface area contributed by atoms with Crippen molar-refractivity contribution in [3.63, 3.8) is 0 Å². The maximum atomic E-state index is 9.66. The topological polar surface area (TPSA) is 58.7 Å². The maximum Gasteiger partial charge on any atom is 0.160 e. The largest absolute Gasteiger partial charge is 0.504 e. The predicted octanol–water partition coefficient (Wildman–Crippen LogP) is 2.35. The van der Waals surface area contributed by atoms with E-state index in [4.69, 9.17) is 10.5 Å². The van der Waals surface area contributed by atoms with Crippen LogP contribution < -0.4 is 10.5 Å². The molecule has 3 N–H and O–H groups in total. The number of hydrogen-bond donors (Lipinski definition) is 2. The molecule has 0 spiro atoms. The van der Waals surface area contributed by atoms with Crippen molar-refractivity contribution in [2.75, 3.05) is 20.2 Å². The lowest BCUT2D eigenvalue weighted by molar-refractivity contribution is 0.162. The van der Waals surface area contributed by atoms with Gasteiger partial charge in [-0.2, -0.15) is 0 Å². The van der Waals surface area contributed by atoms with Crippen molar-refractivity contribution < 1.29 is 9.84 Å². The molecule has 0 radical (unpaired) electrons. The smallest absolute Gasteiger partial charge is 0.160 e. The number of benzene rings is 1. The van der Waals surface area contributed by atoms with E-state index in [2.05, 4.69) is 11.8 Å². The first-order valence-corrected chi connectivity index (χ1v) is 7.49. The molecular weight excluding hydrogens is 252 g/mol. The van der Waals surface area contributed by atoms with E-state index < -0.39 is 0 Å². The molecule has 1 aromatic carbocycles. The van der Waals surface area contributed by atoms with Gasteiger partial charge in [0.1, 0.15) is 0 Å². The monoisotopic (exact) mass is 278 g/mol. The Bertz CT molecular complexity index is 436. The van der Waals surface area contributed by atoms with Gasteiger partial charge in [-0.15, -0.1) is 0 Å². The number of phenols is 1. The van der Waals surface area contributed by atoms with Crippen LogP contribution in [0.5, 0.6) is 11.5 Å². The number of methoxy groups -OCH3 is 1. The zero-order valence-electron chi connectivity index (χ0n) is 12.5. The van der Waals surface area contributed by atoms with Gasteiger partial charge in [-0.1, -0.05) is 19.4 Å². The van der Waals surface area contributed by atoms with E-state index in [0.29, 0.717) is 17.7 Å². The molecule has 0 aliphatic heterocycles. The molecule has 0 saturated heterocycles. The molecule has 4 heteroatoms. The molecule has 1 fully saturated rings. The zero-order valence-corrected chi connectivity index (χ0v) is 12.5. The molecule has 2 rings (SSSR count). The summed E-state index contributed by atoms with van der Waals surface area (Å²) in [5.74, 6) is 1.36. The maximum absolute atomic E-state index is 9.66. The third-order valence-corrected chi connectivity index (χ3v) is 4.43. The lowest BCUT2D eigenvalue weighted by atomic mass is 10.0. The van der Waals surface area contributed by atoms with Crippen molar-refractivity contribution in [1.29, 1.82) is 0 Å². The van der Waals surface area contributed by atoms with Gasteiger partial charge in [-0.3, -0.25) is 4.90 Å². The number of hydrogen-bond acceptors (Lipinski definition) is 4. The van der Waals surface area contributed by atoms with Crippen LogP contribution in [0.1, 0.15) is 31.7 Å². The fourth-order valence-electron chi connectivity index (χ4n) is 3.29. The van der Waals surface area contributed by atoms with E-state index in [0.717, 1.165) is 19.6 Å². The van der Waals surface area contributed by atoms with Crippen LogP contribution in [-0.4, -0.2) is 36.2 Å². The number of nitrogens with zero attached hydrogens (tertiary/aromatic N) is 1. The van der Waals surface area contributed by atoms with Crippen molar-refractivity contribution in [1.82, 2.24) is 4.90 Å². The lowest BCUT2D eigenvalue weighted by Crippen LogP contribution is -2.39. The van der Waals surface area contributed by atoms with E-state index >= 15 is 0 Å². The molecule has 1 aromatic rings. The van der Waals surface area contributed by atoms with Crippen LogP contribution in [0.2, 0.25) is 0 Å². The molecule has 0 bridgehead atoms. The van der Waals surface area contributed by atoms with Crippen molar-refractivity contribution in [3.8, 4) is 11.5 Å². The summed E-state index contributed by atoms with van der Waals surface area (Å²) < 4.78 is 5.18. The van der Waals surface area contributed by atoms with E-state index in [9.17, 15) is 5.11 Å². The summed E-state index contributed by atoms with van der Waals surface area (Å²) in [6.45, 7) is 4.88. The molecule has 1 aliphatic rings. The second kappa shape index (κ2) is 6.95. The van der Waals surface area contributed by atoms with E-state index in [1.807, 2.05) is 12.1 Å². The number of nitrogens with two attached hydrogens (primary N) is 1. The summed E-state index contributed by atoms with van der Waals surface area (Å²) >= 11 is 0. The van der Waals surface area contributed by atoms with Crippen LogP contribution in [-0.2, 0) is 6.54 Å². The Morgan fingerprint density at radius 2 is 2.20 bits per heavy atom. The zero-order chi connectivity index (χ0) is 14.5. The highest BCUT2D eigenvalue weighted by Gasteiger charge is 2.30. The van der Waals surface area contributed by atoms with Gasteiger partial charge in [0.2, 0.25) is 0 Å². The Hall–Kier alpha value is -1.26. The number of aromatic hydroxyl groups is 1. The minimum Gasteiger partial charge on any atom is -0.504 e. The first-order chi connectivity index (χ1) is 9.69. The third kappa shape index (κ3) is 3.25. The van der Waals surface area contributed by atoms with Gasteiger partial charge >= 0.3 is 0 Å². The Balaban J connectivity index is 2.09. The van der Waals surface area contributed by atoms with Crippen LogP contribution in [0.25, 0.3) is 0 Å². The van der Waals surface area contributed by atoms with Crippen molar-refractivity contribution >= 4 is 0 Å². The van der Waals surface area contributed by atoms with Crippen LogP contribution in [0, 0.1) is 5.92 Å². The summed E-state index contributed by atoms with van der Waals surface area (Å²) in [4.78, 5) is 2.50. The van der Waals surface area contributed by atoms with Crippen molar-refractivity contribution in [2.45, 2.75) is 38.8 Å². The minimum absolute atomic E-state index is 0.194. The molecule has 112 valence electrons. The molecule has 2 atom stereocenters. The third-order valence-electron chi connectivity index (χ3n) is 4.43. The summed E-state index contributed by atoms with van der Waals surface area (Å²) in [6, 6.07) is 6.18. The molecule has 1 aliphatic carbocycles. The average Bonchev–Trinajstić information content (AvgIpc) is 2.94. The quantitative estimate of drug-likeness (QED) is 0.838. The molecule has 4 nitrogen and oxygen atoms in total. The number of phenolic OH excluding ortho intramolecular Hbond substituents is 1. The van der Waals surface area contributed by atoms with E-state index in [1.165, 1.54) is 24.8 Å². The molecule has 0 heterocycles. The molecule has 1 saturated carbocycles. The normalized spacial score (nSPS) is 22.4. The predicted molar refractivity (Wildman–Crippen MR) is 80.9 cm³/mol. The van der Waals surface area contributed by atoms with Crippen LogP contribution in [0.3, 0.4) is 0 Å². The molecule has 20 heavy (non-hydrogen) atoms. The first-order valence-electron chi connectivity index (χ1n) is 7.49. The summed E-state index contributed by atoms with van der Waals surface area (Å²) in [6.07, 6.45) is 3.77. The standard InChI is InChI=1S/C16H26N2O2/c1-3-18(14-6-4-5-13(14)10-17)11-12-7-8-15(19)16(9-12)20-2/h7-9,13-14,19H,3-6,10-11,17H2,1-2H3. The summed E-state index contributed by atoms with van der Waals surface area (Å²) in [5.41, 5.74) is 7.07. The highest BCUT2D eigenvalue weighted by molar-refractivity contribution is 5.41. The van der Waals surface area contributed by atoms with Crippen molar-refractivity contribution in [3.05, 3.63) is 23.8 Å². The lowest BCUT2D eigenvalue weighted by Gasteiger charge is -2.32. The highest BCUT2D eigenvalue weighted by atomic mass is 16.5. The Kier molecular flexibility index (Phi) is 5.26. The molecule has 0 amide bonds. The van der Waals surface area contributed by atoms with Gasteiger partial charge in [0.05, 0.1) is 7.11 Å². The Labute approximate surface area is 121 Å². The minimum atomic E-state index is 0.194. The fourth-order valence-corrected chi connectivity index (χ4v) is 3.29. The second-order valence-electron chi connectivity index (χ2n) is 5.56. The highest BCUT2D eigenvalue weighted by Crippen LogP contribution is 2.31. The number of rotatable bonds is 6. The van der Waals surface area contributed by atoms with Crippen LogP contribution >= 0.6 is 0 Å². The van der Waals surface area contributed by atoms with Gasteiger partial charge in [-0.25, -0.2) is 0 Å². The van der Waals surface area contributed by atoms with Crippen LogP contribution in [0.4, 0.5) is 0 Å². The van der Waals surface area contributed by atoms with Gasteiger partial charge in [-0.05, 0) is 49.5 Å². The van der Waals surface area contributed by atoms with Crippen molar-refractivity contribution in [2.24, 2.45) is 11.7 Å². The summed E-state index contributed by atoms with van der Waals surface area (Å²) in [7, 11) is 1.58. The first kappa shape index (κ1) is 15.1. The SMILES string of the molecule is CCN(Cc1ccc(O)c(OC)c1)C1CCCC1CN.